The molecule has 3 aromatic heterocycles. The Balaban J connectivity index is 1.34. The number of hydrogen-bond donors (Lipinski definition) is 3. The molecule has 1 saturated heterocycles. The molecule has 0 atom stereocenters. The molecule has 0 spiro atoms. The number of methoxy groups -OCH3 is 1. The monoisotopic (exact) mass is 599 g/mol. The van der Waals surface area contributed by atoms with Crippen LogP contribution >= 0.6 is 23.2 Å². The normalized spacial score (nSPS) is 13.5. The number of anilines is 2. The number of nitrogens with zero attached hydrogens (tertiary/aromatic N) is 4. The summed E-state index contributed by atoms with van der Waals surface area (Å²) in [6.45, 7) is 4.08. The van der Waals surface area contributed by atoms with Crippen LogP contribution in [-0.2, 0) is 16.0 Å². The first-order valence-corrected chi connectivity index (χ1v) is 14.1. The van der Waals surface area contributed by atoms with Gasteiger partial charge >= 0.3 is 0 Å². The molecule has 1 amide bonds. The zero-order valence-corrected chi connectivity index (χ0v) is 24.1. The van der Waals surface area contributed by atoms with E-state index >= 15 is 0 Å². The molecule has 0 saturated carbocycles. The maximum Gasteiger partial charge on any atom is 0.293 e. The van der Waals surface area contributed by atoms with Crippen LogP contribution in [0, 0.1) is 0 Å². The first-order valence-electron chi connectivity index (χ1n) is 13.4. The van der Waals surface area contributed by atoms with Gasteiger partial charge in [0.05, 0.1) is 34.3 Å². The number of ether oxygens (including phenoxy) is 1. The van der Waals surface area contributed by atoms with Gasteiger partial charge in [0.2, 0.25) is 11.9 Å². The fourth-order valence-corrected chi connectivity index (χ4v) is 5.34. The van der Waals surface area contributed by atoms with Gasteiger partial charge in [0.25, 0.3) is 5.56 Å². The fourth-order valence-electron chi connectivity index (χ4n) is 4.74. The van der Waals surface area contributed by atoms with E-state index in [9.17, 15) is 9.59 Å². The van der Waals surface area contributed by atoms with E-state index in [2.05, 4.69) is 30.5 Å². The van der Waals surface area contributed by atoms with Crippen molar-refractivity contribution < 1.29 is 14.4 Å². The number of nitrogens with one attached hydrogen (secondary N) is 3. The van der Waals surface area contributed by atoms with Gasteiger partial charge in [-0.2, -0.15) is 4.98 Å². The van der Waals surface area contributed by atoms with Crippen molar-refractivity contribution >= 4 is 51.8 Å². The molecule has 1 aliphatic rings. The smallest absolute Gasteiger partial charge is 0.293 e. The van der Waals surface area contributed by atoms with E-state index in [-0.39, 0.29) is 42.7 Å². The van der Waals surface area contributed by atoms with Crippen LogP contribution in [0.1, 0.15) is 18.5 Å². The predicted molar refractivity (Wildman–Crippen MR) is 159 cm³/mol. The highest BCUT2D eigenvalue weighted by atomic mass is 35.5. The van der Waals surface area contributed by atoms with E-state index in [4.69, 9.17) is 32.8 Å². The topological polar surface area (TPSA) is 126 Å². The lowest BCUT2D eigenvalue weighted by Gasteiger charge is -2.15. The van der Waals surface area contributed by atoms with Crippen LogP contribution in [0.3, 0.4) is 0 Å². The number of amides is 1. The Hall–Kier alpha value is -3.64. The molecule has 4 heterocycles. The summed E-state index contributed by atoms with van der Waals surface area (Å²) >= 11 is 12.8. The Bertz CT molecular complexity index is 1560. The summed E-state index contributed by atoms with van der Waals surface area (Å²) in [6, 6.07) is 8.49. The number of aromatic nitrogens is 4. The number of fused-ring (bicyclic) bond motifs is 1. The van der Waals surface area contributed by atoms with Gasteiger partial charge in [0.15, 0.2) is 5.65 Å². The van der Waals surface area contributed by atoms with Crippen molar-refractivity contribution in [2.75, 3.05) is 51.8 Å². The highest BCUT2D eigenvalue weighted by molar-refractivity contribution is 6.39. The number of carbonyl (C=O) groups excluding carboxylic acids is 1. The number of aromatic amines is 1. The number of halogens is 2. The molecule has 11 nitrogen and oxygen atoms in total. The molecule has 0 aliphatic carbocycles. The summed E-state index contributed by atoms with van der Waals surface area (Å²) < 4.78 is 6.19. The summed E-state index contributed by atoms with van der Waals surface area (Å²) in [7, 11) is 1.54. The fraction of sp³-hybridized carbons (Fsp3) is 0.357. The van der Waals surface area contributed by atoms with Crippen LogP contribution < -0.4 is 21.0 Å². The van der Waals surface area contributed by atoms with Crippen LogP contribution in [0.15, 0.2) is 47.5 Å². The zero-order chi connectivity index (χ0) is 28.8. The molecule has 0 unspecified atom stereocenters. The van der Waals surface area contributed by atoms with Crippen molar-refractivity contribution in [3.63, 3.8) is 0 Å². The molecule has 0 bridgehead atoms. The second-order valence-corrected chi connectivity index (χ2v) is 10.5. The summed E-state index contributed by atoms with van der Waals surface area (Å²) in [4.78, 5) is 46.1. The van der Waals surface area contributed by atoms with Gasteiger partial charge in [0, 0.05) is 49.2 Å². The minimum Gasteiger partial charge on any atom is -0.406 e. The summed E-state index contributed by atoms with van der Waals surface area (Å²) in [6.07, 6.45) is 5.98. The number of carbonyl (C=O) groups is 1. The Morgan fingerprint density at radius 2 is 1.93 bits per heavy atom. The van der Waals surface area contributed by atoms with E-state index in [1.807, 2.05) is 6.07 Å². The highest BCUT2D eigenvalue weighted by Crippen LogP contribution is 2.33. The predicted octanol–water partition coefficient (Wildman–Crippen LogP) is 3.67. The molecule has 3 N–H and O–H groups in total. The molecule has 1 fully saturated rings. The molecular weight excluding hydrogens is 569 g/mol. The van der Waals surface area contributed by atoms with Gasteiger partial charge in [-0.3, -0.25) is 9.59 Å². The third-order valence-corrected chi connectivity index (χ3v) is 7.37. The summed E-state index contributed by atoms with van der Waals surface area (Å²) in [5, 5.41) is 7.30. The molecule has 5 rings (SSSR count). The van der Waals surface area contributed by atoms with E-state index in [1.165, 1.54) is 20.0 Å². The average Bonchev–Trinajstić information content (AvgIpc) is 3.63. The van der Waals surface area contributed by atoms with Crippen molar-refractivity contribution in [2.45, 2.75) is 19.3 Å². The molecule has 216 valence electrons. The number of H-pyrrole nitrogens is 1. The molecule has 41 heavy (non-hydrogen) atoms. The molecule has 1 aromatic carbocycles. The van der Waals surface area contributed by atoms with E-state index < -0.39 is 5.56 Å². The minimum absolute atomic E-state index is 0.0498. The van der Waals surface area contributed by atoms with Crippen LogP contribution in [0.25, 0.3) is 22.2 Å². The van der Waals surface area contributed by atoms with E-state index in [0.717, 1.165) is 30.1 Å². The standard InChI is InChI=1S/C28H31Cl2N7O4/c1-40-11-12-41-37-26-18(13-21(27(37)39)25-22(29)5-4-6-23(25)30)16-33-28(35-26)34-20-14-19(32-17-20)15-24(38)31-7-10-36-8-2-3-9-36/h4-6,13-14,16-17,32H,2-3,7-12,15H2,1H3,(H,31,38)(H,33,34,35). The maximum atomic E-state index is 13.6. The van der Waals surface area contributed by atoms with E-state index in [1.54, 1.807) is 36.7 Å². The van der Waals surface area contributed by atoms with Crippen molar-refractivity contribution in [2.24, 2.45) is 0 Å². The number of likely N-dealkylation sites (tertiary alicyclic amines) is 1. The number of hydrogen-bond acceptors (Lipinski definition) is 8. The van der Waals surface area contributed by atoms with Crippen LogP contribution in [0.5, 0.6) is 0 Å². The summed E-state index contributed by atoms with van der Waals surface area (Å²) in [5.74, 6) is 0.191. The molecule has 4 aromatic rings. The molecule has 13 heteroatoms. The number of rotatable bonds is 12. The first-order chi connectivity index (χ1) is 19.9. The quantitative estimate of drug-likeness (QED) is 0.211. The first kappa shape index (κ1) is 28.9. The van der Waals surface area contributed by atoms with Gasteiger partial charge in [-0.15, -0.1) is 4.73 Å². The third-order valence-electron chi connectivity index (χ3n) is 6.74. The van der Waals surface area contributed by atoms with Gasteiger partial charge in [0.1, 0.15) is 6.61 Å². The van der Waals surface area contributed by atoms with E-state index in [0.29, 0.717) is 33.2 Å². The lowest BCUT2D eigenvalue weighted by Crippen LogP contribution is -2.34. The largest absolute Gasteiger partial charge is 0.406 e. The SMILES string of the molecule is COCCOn1c(=O)c(-c2c(Cl)cccc2Cl)cc2cnc(Nc3c[nH]c(CC(=O)NCCN4CCCC4)c3)nc21. The van der Waals surface area contributed by atoms with Crippen molar-refractivity contribution in [1.29, 1.82) is 0 Å². The Morgan fingerprint density at radius 3 is 2.68 bits per heavy atom. The second-order valence-electron chi connectivity index (χ2n) is 9.67. The number of pyridine rings is 1. The second kappa shape index (κ2) is 13.3. The Labute approximate surface area is 246 Å². The lowest BCUT2D eigenvalue weighted by molar-refractivity contribution is -0.120. The van der Waals surface area contributed by atoms with Gasteiger partial charge in [-0.05, 0) is 50.2 Å². The minimum atomic E-state index is -0.479. The molecule has 0 radical (unpaired) electrons. The van der Waals surface area contributed by atoms with Gasteiger partial charge in [-0.25, -0.2) is 4.98 Å². The molecular formula is C28H31Cl2N7O4. The Morgan fingerprint density at radius 1 is 1.15 bits per heavy atom. The summed E-state index contributed by atoms with van der Waals surface area (Å²) in [5.41, 5.74) is 1.83. The average molecular weight is 601 g/mol. The van der Waals surface area contributed by atoms with Crippen LogP contribution in [0.4, 0.5) is 11.6 Å². The third kappa shape index (κ3) is 6.99. The van der Waals surface area contributed by atoms with Gasteiger partial charge in [-0.1, -0.05) is 29.3 Å². The maximum absolute atomic E-state index is 13.6. The molecule has 1 aliphatic heterocycles. The van der Waals surface area contributed by atoms with Crippen LogP contribution in [0.2, 0.25) is 10.0 Å². The van der Waals surface area contributed by atoms with Crippen molar-refractivity contribution in [3.8, 4) is 11.1 Å². The van der Waals surface area contributed by atoms with Crippen molar-refractivity contribution in [3.05, 3.63) is 68.8 Å². The highest BCUT2D eigenvalue weighted by Gasteiger charge is 2.19. The van der Waals surface area contributed by atoms with Crippen LogP contribution in [-0.4, -0.2) is 77.0 Å². The lowest BCUT2D eigenvalue weighted by atomic mass is 10.1. The van der Waals surface area contributed by atoms with Crippen molar-refractivity contribution in [1.82, 2.24) is 29.9 Å². The zero-order valence-electron chi connectivity index (χ0n) is 22.6. The Kier molecular flexibility index (Phi) is 9.40. The number of benzene rings is 1. The van der Waals surface area contributed by atoms with Gasteiger partial charge < -0.3 is 30.1 Å².